The first-order valence-corrected chi connectivity index (χ1v) is 11.9. The number of nitrogens with one attached hydrogen (secondary N) is 3. The molecule has 0 saturated heterocycles. The van der Waals surface area contributed by atoms with Crippen molar-refractivity contribution in [2.45, 2.75) is 57.8 Å². The van der Waals surface area contributed by atoms with Gasteiger partial charge in [-0.1, -0.05) is 37.0 Å². The first kappa shape index (κ1) is 22.9. The van der Waals surface area contributed by atoms with E-state index in [1.165, 1.54) is 31.7 Å². The molecule has 0 amide bonds. The van der Waals surface area contributed by atoms with Gasteiger partial charge in [-0.3, -0.25) is 10.2 Å². The maximum atomic E-state index is 11.9. The summed E-state index contributed by atoms with van der Waals surface area (Å²) in [7, 11) is -3.36. The molecule has 0 spiro atoms. The Bertz CT molecular complexity index is 669. The minimum absolute atomic E-state index is 0.0867. The molecule has 1 heterocycles. The molecule has 0 unspecified atom stereocenters. The minimum atomic E-state index is -3.36. The first-order chi connectivity index (χ1) is 13.6. The normalized spacial score (nSPS) is 15.3. The second-order valence-corrected chi connectivity index (χ2v) is 9.19. The van der Waals surface area contributed by atoms with Crippen molar-refractivity contribution >= 4 is 33.3 Å². The van der Waals surface area contributed by atoms with Crippen LogP contribution in [0.1, 0.15) is 57.8 Å². The average molecular weight is 431 g/mol. The highest BCUT2D eigenvalue weighted by Gasteiger charge is 2.15. The van der Waals surface area contributed by atoms with Crippen molar-refractivity contribution < 1.29 is 13.3 Å². The standard InChI is InChI=1S/C17H30N6O3S2/c24-28(25,23-26-14-15-8-4-3-5-9-15)13-7-2-1-6-10-19-17(27)21-16-18-11-12-20-22-16/h11-12,15,23H,1-10,13-14H2,(H2,18,19,21,22,27). The maximum Gasteiger partial charge on any atom is 0.248 e. The van der Waals surface area contributed by atoms with E-state index in [4.69, 9.17) is 17.1 Å². The van der Waals surface area contributed by atoms with Gasteiger partial charge in [-0.2, -0.15) is 5.10 Å². The molecule has 2 rings (SSSR count). The number of unbranched alkanes of at least 4 members (excludes halogenated alkanes) is 3. The predicted molar refractivity (Wildman–Crippen MR) is 112 cm³/mol. The smallest absolute Gasteiger partial charge is 0.248 e. The van der Waals surface area contributed by atoms with Crippen LogP contribution >= 0.6 is 12.2 Å². The fraction of sp³-hybridized carbons (Fsp3) is 0.765. The molecule has 0 radical (unpaired) electrons. The Hall–Kier alpha value is -1.43. The highest BCUT2D eigenvalue weighted by atomic mass is 32.2. The van der Waals surface area contributed by atoms with Crippen LogP contribution in [0.15, 0.2) is 12.4 Å². The molecule has 1 aromatic heterocycles. The third kappa shape index (κ3) is 10.2. The van der Waals surface area contributed by atoms with Crippen LogP contribution in [-0.2, 0) is 14.9 Å². The van der Waals surface area contributed by atoms with Gasteiger partial charge in [0.15, 0.2) is 5.11 Å². The average Bonchev–Trinajstić information content (AvgIpc) is 2.68. The Morgan fingerprint density at radius 3 is 2.68 bits per heavy atom. The van der Waals surface area contributed by atoms with Crippen molar-refractivity contribution in [2.24, 2.45) is 5.92 Å². The molecule has 1 aliphatic carbocycles. The monoisotopic (exact) mass is 430 g/mol. The fourth-order valence-electron chi connectivity index (χ4n) is 3.06. The van der Waals surface area contributed by atoms with E-state index in [0.29, 0.717) is 36.6 Å². The van der Waals surface area contributed by atoms with E-state index in [2.05, 4.69) is 30.7 Å². The van der Waals surface area contributed by atoms with Crippen LogP contribution in [0.4, 0.5) is 5.95 Å². The highest BCUT2D eigenvalue weighted by Crippen LogP contribution is 2.23. The number of aromatic nitrogens is 3. The zero-order valence-corrected chi connectivity index (χ0v) is 17.7. The topological polar surface area (TPSA) is 118 Å². The molecule has 1 saturated carbocycles. The molecule has 1 aromatic rings. The number of rotatable bonds is 12. The van der Waals surface area contributed by atoms with Gasteiger partial charge in [0, 0.05) is 6.54 Å². The van der Waals surface area contributed by atoms with Gasteiger partial charge in [0.2, 0.25) is 16.0 Å². The van der Waals surface area contributed by atoms with E-state index in [9.17, 15) is 8.42 Å². The van der Waals surface area contributed by atoms with Crippen LogP contribution in [0.5, 0.6) is 0 Å². The van der Waals surface area contributed by atoms with Gasteiger partial charge in [-0.15, -0.1) is 5.10 Å². The summed E-state index contributed by atoms with van der Waals surface area (Å²) in [6.07, 6.45) is 12.2. The first-order valence-electron chi connectivity index (χ1n) is 9.85. The van der Waals surface area contributed by atoms with Crippen LogP contribution in [0.25, 0.3) is 0 Å². The van der Waals surface area contributed by atoms with Crippen molar-refractivity contribution in [3.8, 4) is 0 Å². The second-order valence-electron chi connectivity index (χ2n) is 6.98. The van der Waals surface area contributed by atoms with Crippen molar-refractivity contribution in [1.82, 2.24) is 25.4 Å². The van der Waals surface area contributed by atoms with Crippen molar-refractivity contribution in [3.05, 3.63) is 12.4 Å². The third-order valence-corrected chi connectivity index (χ3v) is 6.01. The molecule has 28 heavy (non-hydrogen) atoms. The van der Waals surface area contributed by atoms with Gasteiger partial charge in [0.05, 0.1) is 24.8 Å². The fourth-order valence-corrected chi connectivity index (χ4v) is 4.17. The number of nitrogens with zero attached hydrogens (tertiary/aromatic N) is 3. The second kappa shape index (κ2) is 12.9. The number of hydrogen-bond donors (Lipinski definition) is 3. The van der Waals surface area contributed by atoms with E-state index < -0.39 is 10.0 Å². The number of hydrogen-bond acceptors (Lipinski definition) is 7. The molecule has 1 fully saturated rings. The summed E-state index contributed by atoms with van der Waals surface area (Å²) in [4.78, 5) is 11.5. The van der Waals surface area contributed by atoms with Crippen LogP contribution in [0.3, 0.4) is 0 Å². The molecule has 158 valence electrons. The molecule has 11 heteroatoms. The summed E-state index contributed by atoms with van der Waals surface area (Å²) in [6.45, 7) is 1.17. The SMILES string of the molecule is O=S(=O)(CCCCCCNC(=S)Nc1nccnn1)NOCC1CCCCC1. The Balaban J connectivity index is 1.45. The van der Waals surface area contributed by atoms with Gasteiger partial charge in [-0.25, -0.2) is 13.4 Å². The summed E-state index contributed by atoms with van der Waals surface area (Å²) in [5.41, 5.74) is 0. The maximum absolute atomic E-state index is 11.9. The van der Waals surface area contributed by atoms with E-state index in [-0.39, 0.29) is 5.75 Å². The van der Waals surface area contributed by atoms with Gasteiger partial charge < -0.3 is 5.32 Å². The van der Waals surface area contributed by atoms with E-state index in [1.807, 2.05) is 0 Å². The summed E-state index contributed by atoms with van der Waals surface area (Å²) in [5.74, 6) is 0.918. The van der Waals surface area contributed by atoms with E-state index >= 15 is 0 Å². The highest BCUT2D eigenvalue weighted by molar-refractivity contribution is 7.89. The lowest BCUT2D eigenvalue weighted by Crippen LogP contribution is -2.30. The van der Waals surface area contributed by atoms with E-state index in [1.54, 1.807) is 0 Å². The lowest BCUT2D eigenvalue weighted by atomic mass is 9.90. The van der Waals surface area contributed by atoms with E-state index in [0.717, 1.165) is 32.1 Å². The van der Waals surface area contributed by atoms with Crippen molar-refractivity contribution in [2.75, 3.05) is 24.2 Å². The molecule has 3 N–H and O–H groups in total. The molecular formula is C17H30N6O3S2. The molecular weight excluding hydrogens is 400 g/mol. The van der Waals surface area contributed by atoms with Crippen molar-refractivity contribution in [3.63, 3.8) is 0 Å². The minimum Gasteiger partial charge on any atom is -0.362 e. The molecule has 1 aliphatic rings. The lowest BCUT2D eigenvalue weighted by molar-refractivity contribution is 0.0519. The quantitative estimate of drug-likeness (QED) is 0.260. The van der Waals surface area contributed by atoms with Crippen molar-refractivity contribution in [1.29, 1.82) is 0 Å². The number of anilines is 1. The summed E-state index contributed by atoms with van der Waals surface area (Å²) >= 11 is 5.14. The number of thiocarbonyl (C=S) groups is 1. The summed E-state index contributed by atoms with van der Waals surface area (Å²) < 4.78 is 23.9. The molecule has 0 atom stereocenters. The molecule has 0 aromatic carbocycles. The zero-order chi connectivity index (χ0) is 20.1. The van der Waals surface area contributed by atoms with Crippen LogP contribution < -0.4 is 15.5 Å². The molecule has 0 bridgehead atoms. The molecule has 0 aliphatic heterocycles. The zero-order valence-electron chi connectivity index (χ0n) is 16.1. The van der Waals surface area contributed by atoms with Crippen LogP contribution in [-0.4, -0.2) is 47.6 Å². The Morgan fingerprint density at radius 2 is 1.93 bits per heavy atom. The summed E-state index contributed by atoms with van der Waals surface area (Å²) in [6, 6.07) is 0. The Kier molecular flexibility index (Phi) is 10.5. The van der Waals surface area contributed by atoms with Gasteiger partial charge in [0.1, 0.15) is 0 Å². The van der Waals surface area contributed by atoms with Gasteiger partial charge in [-0.05, 0) is 43.8 Å². The Labute approximate surface area is 172 Å². The van der Waals surface area contributed by atoms with Crippen LogP contribution in [0, 0.1) is 5.92 Å². The van der Waals surface area contributed by atoms with Gasteiger partial charge >= 0.3 is 0 Å². The molecule has 9 nitrogen and oxygen atoms in total. The predicted octanol–water partition coefficient (Wildman–Crippen LogP) is 2.15. The summed E-state index contributed by atoms with van der Waals surface area (Å²) in [5, 5.41) is 13.8. The third-order valence-electron chi connectivity index (χ3n) is 4.56. The van der Waals surface area contributed by atoms with Crippen LogP contribution in [0.2, 0.25) is 0 Å². The largest absolute Gasteiger partial charge is 0.362 e. The lowest BCUT2D eigenvalue weighted by Gasteiger charge is -2.21. The Morgan fingerprint density at radius 1 is 1.14 bits per heavy atom. The van der Waals surface area contributed by atoms with Gasteiger partial charge in [0.25, 0.3) is 0 Å². The number of sulfonamides is 1.